The largest absolute Gasteiger partial charge is 0.464 e. The van der Waals surface area contributed by atoms with Gasteiger partial charge in [-0.25, -0.2) is 18.4 Å². The molecule has 1 atom stereocenters. The number of allylic oxidation sites excluding steroid dienone is 2. The number of rotatable bonds is 1. The number of carbonyl (C=O) groups excluding carboxylic acids is 2. The van der Waals surface area contributed by atoms with Gasteiger partial charge in [0.2, 0.25) is 0 Å². The SMILES string of the molecule is COC(=O)C1=CC(=C=O)c2cc(F)cc3c2N1CCC3F. The zero-order chi connectivity index (χ0) is 15.1. The summed E-state index contributed by atoms with van der Waals surface area (Å²) in [6.45, 7) is 0.250. The first kappa shape index (κ1) is 13.5. The van der Waals surface area contributed by atoms with Crippen molar-refractivity contribution in [1.82, 2.24) is 0 Å². The lowest BCUT2D eigenvalue weighted by molar-refractivity contribution is -0.136. The Balaban J connectivity index is 2.30. The van der Waals surface area contributed by atoms with E-state index in [1.165, 1.54) is 13.2 Å². The van der Waals surface area contributed by atoms with Crippen LogP contribution in [-0.4, -0.2) is 25.6 Å². The van der Waals surface area contributed by atoms with E-state index in [0.29, 0.717) is 5.69 Å². The fourth-order valence-electron chi connectivity index (χ4n) is 2.77. The molecule has 1 aromatic rings. The minimum Gasteiger partial charge on any atom is -0.464 e. The molecule has 1 unspecified atom stereocenters. The van der Waals surface area contributed by atoms with E-state index in [9.17, 15) is 18.4 Å². The summed E-state index contributed by atoms with van der Waals surface area (Å²) in [6.07, 6.45) is 0.0865. The molecule has 0 bridgehead atoms. The van der Waals surface area contributed by atoms with E-state index in [1.807, 2.05) is 0 Å². The number of esters is 1. The van der Waals surface area contributed by atoms with Crippen molar-refractivity contribution >= 4 is 23.2 Å². The van der Waals surface area contributed by atoms with Gasteiger partial charge in [-0.2, -0.15) is 0 Å². The van der Waals surface area contributed by atoms with Crippen LogP contribution in [0.25, 0.3) is 5.57 Å². The Hall–Kier alpha value is -2.46. The van der Waals surface area contributed by atoms with Crippen molar-refractivity contribution in [3.63, 3.8) is 0 Å². The first-order chi connectivity index (χ1) is 10.1. The van der Waals surface area contributed by atoms with Crippen molar-refractivity contribution < 1.29 is 23.1 Å². The summed E-state index contributed by atoms with van der Waals surface area (Å²) in [5.74, 6) is 0.407. The van der Waals surface area contributed by atoms with Crippen LogP contribution in [0.3, 0.4) is 0 Å². The van der Waals surface area contributed by atoms with Crippen molar-refractivity contribution in [2.75, 3.05) is 18.6 Å². The van der Waals surface area contributed by atoms with Gasteiger partial charge in [-0.05, 0) is 18.2 Å². The molecule has 6 heteroatoms. The van der Waals surface area contributed by atoms with E-state index in [0.717, 1.165) is 12.1 Å². The second kappa shape index (κ2) is 4.82. The Kier molecular flexibility index (Phi) is 3.11. The predicted molar refractivity (Wildman–Crippen MR) is 71.4 cm³/mol. The van der Waals surface area contributed by atoms with Crippen LogP contribution in [0.4, 0.5) is 14.5 Å². The Morgan fingerprint density at radius 3 is 2.90 bits per heavy atom. The average Bonchev–Trinajstić information content (AvgIpc) is 2.49. The van der Waals surface area contributed by atoms with E-state index in [1.54, 1.807) is 10.8 Å². The molecule has 0 radical (unpaired) electrons. The zero-order valence-corrected chi connectivity index (χ0v) is 11.2. The highest BCUT2D eigenvalue weighted by Crippen LogP contribution is 2.45. The molecule has 0 N–H and O–H groups in total. The third kappa shape index (κ3) is 1.96. The monoisotopic (exact) mass is 291 g/mol. The minimum absolute atomic E-state index is 0.0106. The molecular formula is C15H11F2NO3. The summed E-state index contributed by atoms with van der Waals surface area (Å²) in [5.41, 5.74) is 0.865. The second-order valence-electron chi connectivity index (χ2n) is 4.84. The summed E-state index contributed by atoms with van der Waals surface area (Å²) >= 11 is 0. The highest BCUT2D eigenvalue weighted by atomic mass is 19.1. The van der Waals surface area contributed by atoms with Crippen molar-refractivity contribution in [2.24, 2.45) is 0 Å². The number of halogens is 2. The van der Waals surface area contributed by atoms with Crippen LogP contribution in [0.2, 0.25) is 0 Å². The number of alkyl halides is 1. The fraction of sp³-hybridized carbons (Fsp3) is 0.267. The molecule has 21 heavy (non-hydrogen) atoms. The maximum absolute atomic E-state index is 14.1. The van der Waals surface area contributed by atoms with Crippen LogP contribution in [0.1, 0.15) is 23.7 Å². The van der Waals surface area contributed by atoms with Crippen LogP contribution in [0.5, 0.6) is 0 Å². The standard InChI is InChI=1S/C15H11F2NO3/c1-21-15(20)13-4-8(7-19)10-5-9(16)6-11-12(17)2-3-18(13)14(10)11/h4-6,12H,2-3H2,1H3. The molecule has 4 nitrogen and oxygen atoms in total. The van der Waals surface area contributed by atoms with E-state index in [4.69, 9.17) is 0 Å². The Morgan fingerprint density at radius 1 is 1.48 bits per heavy atom. The van der Waals surface area contributed by atoms with E-state index < -0.39 is 18.0 Å². The van der Waals surface area contributed by atoms with Crippen molar-refractivity contribution in [3.05, 3.63) is 40.8 Å². The molecular weight excluding hydrogens is 280 g/mol. The summed E-state index contributed by atoms with van der Waals surface area (Å²) in [7, 11) is 1.22. The average molecular weight is 291 g/mol. The van der Waals surface area contributed by atoms with E-state index in [2.05, 4.69) is 4.74 Å². The zero-order valence-electron chi connectivity index (χ0n) is 11.2. The van der Waals surface area contributed by atoms with Gasteiger partial charge in [-0.15, -0.1) is 0 Å². The van der Waals surface area contributed by atoms with Crippen LogP contribution in [-0.2, 0) is 14.3 Å². The summed E-state index contributed by atoms with van der Waals surface area (Å²) < 4.78 is 32.4. The van der Waals surface area contributed by atoms with Gasteiger partial charge in [0.25, 0.3) is 0 Å². The number of anilines is 1. The summed E-state index contributed by atoms with van der Waals surface area (Å²) in [4.78, 5) is 24.5. The number of benzene rings is 1. The van der Waals surface area contributed by atoms with E-state index >= 15 is 0 Å². The van der Waals surface area contributed by atoms with Crippen LogP contribution in [0.15, 0.2) is 23.9 Å². The van der Waals surface area contributed by atoms with E-state index in [-0.39, 0.29) is 35.4 Å². The normalized spacial score (nSPS) is 19.6. The molecule has 0 spiro atoms. The van der Waals surface area contributed by atoms with Crippen molar-refractivity contribution in [3.8, 4) is 0 Å². The van der Waals surface area contributed by atoms with Crippen molar-refractivity contribution in [2.45, 2.75) is 12.6 Å². The molecule has 0 aliphatic carbocycles. The Bertz CT molecular complexity index is 720. The number of carbonyl (C=O) groups is 1. The number of methoxy groups -OCH3 is 1. The Labute approximate surface area is 119 Å². The highest BCUT2D eigenvalue weighted by Gasteiger charge is 2.36. The number of hydrogen-bond donors (Lipinski definition) is 0. The molecule has 0 aromatic heterocycles. The lowest BCUT2D eigenvalue weighted by Gasteiger charge is -2.37. The lowest BCUT2D eigenvalue weighted by Crippen LogP contribution is -2.36. The Morgan fingerprint density at radius 2 is 2.24 bits per heavy atom. The molecule has 2 aliphatic heterocycles. The van der Waals surface area contributed by atoms with Gasteiger partial charge in [0.1, 0.15) is 23.6 Å². The molecule has 1 aromatic carbocycles. The molecule has 2 heterocycles. The first-order valence-electron chi connectivity index (χ1n) is 6.37. The number of nitrogens with zero attached hydrogens (tertiary/aromatic N) is 1. The molecule has 3 rings (SSSR count). The summed E-state index contributed by atoms with van der Waals surface area (Å²) in [5, 5.41) is 0. The van der Waals surface area contributed by atoms with Crippen molar-refractivity contribution in [1.29, 1.82) is 0 Å². The van der Waals surface area contributed by atoms with Gasteiger partial charge in [-0.1, -0.05) is 0 Å². The second-order valence-corrected chi connectivity index (χ2v) is 4.84. The smallest absolute Gasteiger partial charge is 0.354 e. The third-order valence-electron chi connectivity index (χ3n) is 3.68. The fourth-order valence-corrected chi connectivity index (χ4v) is 2.77. The van der Waals surface area contributed by atoms with Crippen LogP contribution >= 0.6 is 0 Å². The van der Waals surface area contributed by atoms with Gasteiger partial charge >= 0.3 is 5.97 Å². The van der Waals surface area contributed by atoms with Gasteiger partial charge in [0.05, 0.1) is 18.4 Å². The lowest BCUT2D eigenvalue weighted by atomic mass is 9.89. The molecule has 0 saturated carbocycles. The maximum Gasteiger partial charge on any atom is 0.354 e. The van der Waals surface area contributed by atoms with Gasteiger partial charge in [-0.3, -0.25) is 0 Å². The van der Waals surface area contributed by atoms with Gasteiger partial charge < -0.3 is 9.64 Å². The topological polar surface area (TPSA) is 46.6 Å². The number of ether oxygens (including phenoxy) is 1. The molecule has 108 valence electrons. The first-order valence-corrected chi connectivity index (χ1v) is 6.37. The third-order valence-corrected chi connectivity index (χ3v) is 3.68. The molecule has 0 amide bonds. The van der Waals surface area contributed by atoms with Crippen LogP contribution in [0, 0.1) is 5.82 Å². The quantitative estimate of drug-likeness (QED) is 0.588. The predicted octanol–water partition coefficient (Wildman–Crippen LogP) is 2.33. The summed E-state index contributed by atoms with van der Waals surface area (Å²) in [6, 6.07) is 2.24. The number of hydrogen-bond acceptors (Lipinski definition) is 4. The molecule has 2 aliphatic rings. The van der Waals surface area contributed by atoms with Gasteiger partial charge in [0, 0.05) is 24.1 Å². The van der Waals surface area contributed by atoms with Crippen LogP contribution < -0.4 is 4.90 Å². The molecule has 0 saturated heterocycles. The maximum atomic E-state index is 14.1. The van der Waals surface area contributed by atoms with Gasteiger partial charge in [0.15, 0.2) is 0 Å². The minimum atomic E-state index is -1.34. The highest BCUT2D eigenvalue weighted by molar-refractivity contribution is 6.07. The molecule has 0 fully saturated rings.